The van der Waals surface area contributed by atoms with E-state index in [1.165, 1.54) is 17.4 Å². The third kappa shape index (κ3) is 4.78. The number of carbonyl (C=O) groups excluding carboxylic acids is 1. The quantitative estimate of drug-likeness (QED) is 0.617. The fourth-order valence-corrected chi connectivity index (χ4v) is 3.40. The van der Waals surface area contributed by atoms with Crippen LogP contribution in [0.4, 0.5) is 5.13 Å². The van der Waals surface area contributed by atoms with Crippen molar-refractivity contribution in [1.29, 1.82) is 0 Å². The van der Waals surface area contributed by atoms with Crippen LogP contribution in [0.5, 0.6) is 0 Å². The molecule has 0 spiro atoms. The lowest BCUT2D eigenvalue weighted by molar-refractivity contribution is -0.111. The maximum Gasteiger partial charge on any atom is 0.250 e. The SMILES string of the molecule is Cc1ccccc1/C=C/C(=O)Nc1ncc(Cc2ccccc2Cl)s1. The minimum Gasteiger partial charge on any atom is -0.298 e. The van der Waals surface area contributed by atoms with Gasteiger partial charge in [-0.15, -0.1) is 11.3 Å². The van der Waals surface area contributed by atoms with Crippen LogP contribution in [0.15, 0.2) is 60.8 Å². The molecular formula is C20H17ClN2OS. The summed E-state index contributed by atoms with van der Waals surface area (Å²) in [6.07, 6.45) is 5.81. The van der Waals surface area contributed by atoms with Crippen molar-refractivity contribution in [2.45, 2.75) is 13.3 Å². The predicted octanol–water partition coefficient (Wildman–Crippen LogP) is 5.35. The average Bonchev–Trinajstić information content (AvgIpc) is 3.03. The van der Waals surface area contributed by atoms with Crippen LogP contribution in [0.25, 0.3) is 6.08 Å². The van der Waals surface area contributed by atoms with Gasteiger partial charge < -0.3 is 0 Å². The Kier molecular flexibility index (Phi) is 5.64. The molecule has 0 fully saturated rings. The molecule has 126 valence electrons. The van der Waals surface area contributed by atoms with E-state index in [2.05, 4.69) is 10.3 Å². The smallest absolute Gasteiger partial charge is 0.250 e. The number of amides is 1. The van der Waals surface area contributed by atoms with Gasteiger partial charge >= 0.3 is 0 Å². The number of aromatic nitrogens is 1. The van der Waals surface area contributed by atoms with Crippen LogP contribution in [-0.2, 0) is 11.2 Å². The zero-order chi connectivity index (χ0) is 17.6. The molecule has 1 N–H and O–H groups in total. The highest BCUT2D eigenvalue weighted by Crippen LogP contribution is 2.24. The summed E-state index contributed by atoms with van der Waals surface area (Å²) in [4.78, 5) is 17.4. The first kappa shape index (κ1) is 17.4. The Morgan fingerprint density at radius 2 is 1.96 bits per heavy atom. The van der Waals surface area contributed by atoms with Crippen molar-refractivity contribution in [1.82, 2.24) is 4.98 Å². The van der Waals surface area contributed by atoms with Crippen molar-refractivity contribution in [2.24, 2.45) is 0 Å². The number of hydrogen-bond donors (Lipinski definition) is 1. The van der Waals surface area contributed by atoms with E-state index in [1.807, 2.05) is 61.5 Å². The van der Waals surface area contributed by atoms with Crippen molar-refractivity contribution in [3.05, 3.63) is 87.4 Å². The number of rotatable bonds is 5. The maximum atomic E-state index is 12.1. The number of aryl methyl sites for hydroxylation is 1. The van der Waals surface area contributed by atoms with Gasteiger partial charge in [-0.3, -0.25) is 10.1 Å². The van der Waals surface area contributed by atoms with Gasteiger partial charge in [-0.1, -0.05) is 54.1 Å². The molecule has 1 aromatic heterocycles. The highest BCUT2D eigenvalue weighted by molar-refractivity contribution is 7.15. The minimum atomic E-state index is -0.193. The predicted molar refractivity (Wildman–Crippen MR) is 105 cm³/mol. The lowest BCUT2D eigenvalue weighted by atomic mass is 10.1. The number of carbonyl (C=O) groups is 1. The molecule has 0 aliphatic carbocycles. The molecular weight excluding hydrogens is 352 g/mol. The summed E-state index contributed by atoms with van der Waals surface area (Å²) in [6.45, 7) is 2.01. The van der Waals surface area contributed by atoms with Crippen molar-refractivity contribution < 1.29 is 4.79 Å². The number of benzene rings is 2. The molecule has 0 radical (unpaired) electrons. The molecule has 1 heterocycles. The number of anilines is 1. The van der Waals surface area contributed by atoms with Crippen molar-refractivity contribution in [3.8, 4) is 0 Å². The lowest BCUT2D eigenvalue weighted by Crippen LogP contribution is -2.07. The highest BCUT2D eigenvalue weighted by Gasteiger charge is 2.07. The molecule has 3 rings (SSSR count). The van der Waals surface area contributed by atoms with E-state index in [4.69, 9.17) is 11.6 Å². The summed E-state index contributed by atoms with van der Waals surface area (Å²) in [5.74, 6) is -0.193. The molecule has 0 unspecified atom stereocenters. The van der Waals surface area contributed by atoms with E-state index >= 15 is 0 Å². The van der Waals surface area contributed by atoms with Gasteiger partial charge in [0.1, 0.15) is 0 Å². The van der Waals surface area contributed by atoms with Crippen LogP contribution < -0.4 is 5.32 Å². The summed E-state index contributed by atoms with van der Waals surface area (Å²) >= 11 is 7.64. The lowest BCUT2D eigenvalue weighted by Gasteiger charge is -2.01. The summed E-state index contributed by atoms with van der Waals surface area (Å²) in [5, 5.41) is 4.12. The van der Waals surface area contributed by atoms with Gasteiger partial charge in [0, 0.05) is 28.6 Å². The minimum absolute atomic E-state index is 0.193. The summed E-state index contributed by atoms with van der Waals surface area (Å²) < 4.78 is 0. The van der Waals surface area contributed by atoms with Crippen LogP contribution in [0, 0.1) is 6.92 Å². The van der Waals surface area contributed by atoms with E-state index in [9.17, 15) is 4.79 Å². The second-order valence-corrected chi connectivity index (χ2v) is 7.10. The van der Waals surface area contributed by atoms with Crippen LogP contribution in [0.1, 0.15) is 21.6 Å². The summed E-state index contributed by atoms with van der Waals surface area (Å²) in [5.41, 5.74) is 3.20. The first-order valence-corrected chi connectivity index (χ1v) is 9.04. The fraction of sp³-hybridized carbons (Fsp3) is 0.100. The fourth-order valence-electron chi connectivity index (χ4n) is 2.36. The molecule has 0 saturated heterocycles. The van der Waals surface area contributed by atoms with Gasteiger partial charge in [0.25, 0.3) is 0 Å². The molecule has 0 aliphatic rings. The monoisotopic (exact) mass is 368 g/mol. The van der Waals surface area contributed by atoms with E-state index in [0.29, 0.717) is 11.6 Å². The molecule has 1 amide bonds. The van der Waals surface area contributed by atoms with Crippen molar-refractivity contribution in [2.75, 3.05) is 5.32 Å². The normalized spacial score (nSPS) is 11.0. The highest BCUT2D eigenvalue weighted by atomic mass is 35.5. The summed E-state index contributed by atoms with van der Waals surface area (Å²) in [6, 6.07) is 15.6. The van der Waals surface area contributed by atoms with Crippen molar-refractivity contribution in [3.63, 3.8) is 0 Å². The Hall–Kier alpha value is -2.43. The molecule has 0 aliphatic heterocycles. The van der Waals surface area contributed by atoms with E-state index in [1.54, 1.807) is 6.20 Å². The van der Waals surface area contributed by atoms with Crippen LogP contribution in [0.2, 0.25) is 5.02 Å². The first-order chi connectivity index (χ1) is 12.1. The number of nitrogens with one attached hydrogen (secondary N) is 1. The number of halogens is 1. The molecule has 0 bridgehead atoms. The van der Waals surface area contributed by atoms with E-state index in [-0.39, 0.29) is 5.91 Å². The molecule has 3 nitrogen and oxygen atoms in total. The third-order valence-corrected chi connectivity index (χ3v) is 4.99. The molecule has 25 heavy (non-hydrogen) atoms. The van der Waals surface area contributed by atoms with Gasteiger partial charge in [0.2, 0.25) is 5.91 Å². The Morgan fingerprint density at radius 1 is 1.20 bits per heavy atom. The van der Waals surface area contributed by atoms with Gasteiger partial charge in [-0.05, 0) is 35.8 Å². The Labute approximate surface area is 156 Å². The van der Waals surface area contributed by atoms with Crippen LogP contribution in [-0.4, -0.2) is 10.9 Å². The number of thiazole rings is 1. The van der Waals surface area contributed by atoms with Gasteiger partial charge in [-0.2, -0.15) is 0 Å². The Bertz CT molecular complexity index is 917. The molecule has 3 aromatic rings. The maximum absolute atomic E-state index is 12.1. The molecule has 2 aromatic carbocycles. The van der Waals surface area contributed by atoms with Crippen LogP contribution in [0.3, 0.4) is 0 Å². The van der Waals surface area contributed by atoms with Gasteiger partial charge in [-0.25, -0.2) is 4.98 Å². The standard InChI is InChI=1S/C20H17ClN2OS/c1-14-6-2-3-7-15(14)10-11-19(24)23-20-22-13-17(25-20)12-16-8-4-5-9-18(16)21/h2-11,13H,12H2,1H3,(H,22,23,24)/b11-10+. The zero-order valence-corrected chi connectivity index (χ0v) is 15.3. The second kappa shape index (κ2) is 8.10. The number of nitrogens with zero attached hydrogens (tertiary/aromatic N) is 1. The summed E-state index contributed by atoms with van der Waals surface area (Å²) in [7, 11) is 0. The second-order valence-electron chi connectivity index (χ2n) is 5.58. The molecule has 0 saturated carbocycles. The van der Waals surface area contributed by atoms with E-state index < -0.39 is 0 Å². The largest absolute Gasteiger partial charge is 0.298 e. The van der Waals surface area contributed by atoms with Gasteiger partial charge in [0.15, 0.2) is 5.13 Å². The van der Waals surface area contributed by atoms with Crippen molar-refractivity contribution >= 4 is 40.1 Å². The number of hydrogen-bond acceptors (Lipinski definition) is 3. The van der Waals surface area contributed by atoms with E-state index in [0.717, 1.165) is 26.6 Å². The Balaban J connectivity index is 1.62. The molecule has 0 atom stereocenters. The Morgan fingerprint density at radius 3 is 2.76 bits per heavy atom. The zero-order valence-electron chi connectivity index (χ0n) is 13.7. The van der Waals surface area contributed by atoms with Crippen LogP contribution >= 0.6 is 22.9 Å². The third-order valence-electron chi connectivity index (χ3n) is 3.71. The topological polar surface area (TPSA) is 42.0 Å². The molecule has 5 heteroatoms. The van der Waals surface area contributed by atoms with Gasteiger partial charge in [0.05, 0.1) is 0 Å². The average molecular weight is 369 g/mol. The first-order valence-electron chi connectivity index (χ1n) is 7.84.